The van der Waals surface area contributed by atoms with Crippen molar-refractivity contribution in [1.82, 2.24) is 9.80 Å². The van der Waals surface area contributed by atoms with E-state index in [1.165, 1.54) is 37.8 Å². The van der Waals surface area contributed by atoms with Crippen molar-refractivity contribution in [1.29, 1.82) is 0 Å². The predicted octanol–water partition coefficient (Wildman–Crippen LogP) is 2.27. The van der Waals surface area contributed by atoms with Crippen molar-refractivity contribution < 1.29 is 0 Å². The third kappa shape index (κ3) is 3.18. The van der Waals surface area contributed by atoms with Crippen molar-refractivity contribution in [2.24, 2.45) is 4.99 Å². The second kappa shape index (κ2) is 6.43. The van der Waals surface area contributed by atoms with Crippen LogP contribution in [0, 0.1) is 0 Å². The quantitative estimate of drug-likeness (QED) is 0.741. The highest BCUT2D eigenvalue weighted by Crippen LogP contribution is 2.28. The monoisotopic (exact) mass is 319 g/mol. The zero-order valence-corrected chi connectivity index (χ0v) is 13.1. The van der Waals surface area contributed by atoms with Crippen LogP contribution in [-0.2, 0) is 0 Å². The van der Waals surface area contributed by atoms with Crippen LogP contribution in [0.3, 0.4) is 0 Å². The number of nitrogens with zero attached hydrogens (tertiary/aromatic N) is 3. The second-order valence-corrected chi connectivity index (χ2v) is 6.54. The van der Waals surface area contributed by atoms with Gasteiger partial charge in [-0.1, -0.05) is 41.5 Å². The Morgan fingerprint density at radius 1 is 1.47 bits per heavy atom. The maximum atomic E-state index is 4.67. The van der Waals surface area contributed by atoms with E-state index in [2.05, 4.69) is 44.6 Å². The molecule has 2 rings (SSSR count). The summed E-state index contributed by atoms with van der Waals surface area (Å²) in [5.41, 5.74) is 0. The standard InChI is InChI=1S/C12H22BrN3S/c1-3-15(4-2)10-5-6-16(9-10)12-14-8-11(7-13)17-12/h10-11H,3-9H2,1-2H3. The van der Waals surface area contributed by atoms with Crippen LogP contribution >= 0.6 is 27.7 Å². The summed E-state index contributed by atoms with van der Waals surface area (Å²) in [6, 6.07) is 0.733. The Hall–Kier alpha value is 0.260. The number of alkyl halides is 1. The van der Waals surface area contributed by atoms with E-state index in [9.17, 15) is 0 Å². The fourth-order valence-corrected chi connectivity index (χ4v) is 4.19. The fraction of sp³-hybridized carbons (Fsp3) is 0.917. The number of halogens is 1. The van der Waals surface area contributed by atoms with Crippen LogP contribution in [0.25, 0.3) is 0 Å². The summed E-state index contributed by atoms with van der Waals surface area (Å²) in [6.45, 7) is 10.2. The molecule has 5 heteroatoms. The molecule has 3 nitrogen and oxygen atoms in total. The summed E-state index contributed by atoms with van der Waals surface area (Å²) < 4.78 is 0. The zero-order valence-electron chi connectivity index (χ0n) is 10.7. The smallest absolute Gasteiger partial charge is 0.159 e. The van der Waals surface area contributed by atoms with Crippen molar-refractivity contribution in [3.63, 3.8) is 0 Å². The Morgan fingerprint density at radius 3 is 2.82 bits per heavy atom. The fourth-order valence-electron chi connectivity index (χ4n) is 2.61. The largest absolute Gasteiger partial charge is 0.350 e. The van der Waals surface area contributed by atoms with Gasteiger partial charge in [0.1, 0.15) is 0 Å². The van der Waals surface area contributed by atoms with Gasteiger partial charge in [-0.05, 0) is 19.5 Å². The highest BCUT2D eigenvalue weighted by molar-refractivity contribution is 9.09. The molecular weight excluding hydrogens is 298 g/mol. The number of aliphatic imine (C=N–C) groups is 1. The zero-order chi connectivity index (χ0) is 12.3. The van der Waals surface area contributed by atoms with Gasteiger partial charge in [0.25, 0.3) is 0 Å². The average Bonchev–Trinajstić information content (AvgIpc) is 2.98. The minimum atomic E-state index is 0.650. The minimum Gasteiger partial charge on any atom is -0.350 e. The molecule has 0 amide bonds. The molecule has 1 fully saturated rings. The third-order valence-electron chi connectivity index (χ3n) is 3.64. The Labute approximate surface area is 117 Å². The maximum Gasteiger partial charge on any atom is 0.159 e. The lowest BCUT2D eigenvalue weighted by Crippen LogP contribution is -2.38. The van der Waals surface area contributed by atoms with Gasteiger partial charge < -0.3 is 4.90 Å². The lowest BCUT2D eigenvalue weighted by molar-refractivity contribution is 0.224. The van der Waals surface area contributed by atoms with Crippen molar-refractivity contribution in [3.8, 4) is 0 Å². The average molecular weight is 320 g/mol. The van der Waals surface area contributed by atoms with Crippen LogP contribution in [0.1, 0.15) is 20.3 Å². The minimum absolute atomic E-state index is 0.650. The molecule has 2 aliphatic rings. The molecule has 2 heterocycles. The van der Waals surface area contributed by atoms with E-state index in [4.69, 9.17) is 0 Å². The number of hydrogen-bond acceptors (Lipinski definition) is 4. The molecule has 0 aliphatic carbocycles. The van der Waals surface area contributed by atoms with Crippen LogP contribution in [0.15, 0.2) is 4.99 Å². The lowest BCUT2D eigenvalue weighted by Gasteiger charge is -2.26. The Morgan fingerprint density at radius 2 is 2.24 bits per heavy atom. The number of thioether (sulfide) groups is 1. The number of likely N-dealkylation sites (N-methyl/N-ethyl adjacent to an activating group) is 1. The molecular formula is C12H22BrN3S. The van der Waals surface area contributed by atoms with Crippen LogP contribution in [-0.4, -0.2) is 64.3 Å². The van der Waals surface area contributed by atoms with E-state index in [0.29, 0.717) is 5.25 Å². The number of hydrogen-bond donors (Lipinski definition) is 0. The van der Waals surface area contributed by atoms with Crippen LogP contribution in [0.4, 0.5) is 0 Å². The molecule has 0 aromatic rings. The number of rotatable bonds is 4. The van der Waals surface area contributed by atoms with Gasteiger partial charge >= 0.3 is 0 Å². The molecule has 0 radical (unpaired) electrons. The molecule has 0 aromatic carbocycles. The lowest BCUT2D eigenvalue weighted by atomic mass is 10.2. The molecule has 2 aliphatic heterocycles. The highest BCUT2D eigenvalue weighted by atomic mass is 79.9. The van der Waals surface area contributed by atoms with Gasteiger partial charge in [0.2, 0.25) is 0 Å². The SMILES string of the molecule is CCN(CC)C1CCN(C2=NCC(CBr)S2)C1. The van der Waals surface area contributed by atoms with Crippen LogP contribution < -0.4 is 0 Å². The van der Waals surface area contributed by atoms with Crippen molar-refractivity contribution in [3.05, 3.63) is 0 Å². The summed E-state index contributed by atoms with van der Waals surface area (Å²) in [5, 5.41) is 2.99. The first kappa shape index (κ1) is 13.7. The van der Waals surface area contributed by atoms with Gasteiger partial charge in [0.05, 0.1) is 6.54 Å². The first-order valence-corrected chi connectivity index (χ1v) is 8.54. The summed E-state index contributed by atoms with van der Waals surface area (Å²) in [5.74, 6) is 0. The normalized spacial score (nSPS) is 29.2. The maximum absolute atomic E-state index is 4.67. The Balaban J connectivity index is 1.86. The molecule has 0 aromatic heterocycles. The van der Waals surface area contributed by atoms with Crippen molar-refractivity contribution >= 4 is 32.9 Å². The molecule has 2 atom stereocenters. The van der Waals surface area contributed by atoms with E-state index in [-0.39, 0.29) is 0 Å². The molecule has 0 saturated carbocycles. The molecule has 17 heavy (non-hydrogen) atoms. The van der Waals surface area contributed by atoms with Gasteiger partial charge in [-0.15, -0.1) is 0 Å². The van der Waals surface area contributed by atoms with Crippen molar-refractivity contribution in [2.45, 2.75) is 31.6 Å². The second-order valence-electron chi connectivity index (χ2n) is 4.63. The predicted molar refractivity (Wildman–Crippen MR) is 80.4 cm³/mol. The summed E-state index contributed by atoms with van der Waals surface area (Å²) in [7, 11) is 0. The third-order valence-corrected chi connectivity index (χ3v) is 6.09. The van der Waals surface area contributed by atoms with Gasteiger partial charge in [0, 0.05) is 29.7 Å². The summed E-state index contributed by atoms with van der Waals surface area (Å²) in [4.78, 5) is 9.73. The first-order valence-electron chi connectivity index (χ1n) is 6.54. The molecule has 0 bridgehead atoms. The topological polar surface area (TPSA) is 18.8 Å². The highest BCUT2D eigenvalue weighted by Gasteiger charge is 2.31. The molecule has 1 saturated heterocycles. The van der Waals surface area contributed by atoms with E-state index in [1.54, 1.807) is 0 Å². The van der Waals surface area contributed by atoms with Gasteiger partial charge in [-0.2, -0.15) is 0 Å². The van der Waals surface area contributed by atoms with E-state index in [0.717, 1.165) is 17.9 Å². The van der Waals surface area contributed by atoms with E-state index < -0.39 is 0 Å². The number of amidine groups is 1. The summed E-state index contributed by atoms with van der Waals surface area (Å²) in [6.07, 6.45) is 1.29. The Kier molecular flexibility index (Phi) is 5.18. The van der Waals surface area contributed by atoms with Crippen LogP contribution in [0.2, 0.25) is 0 Å². The number of likely N-dealkylation sites (tertiary alicyclic amines) is 1. The van der Waals surface area contributed by atoms with E-state index in [1.807, 2.05) is 11.8 Å². The van der Waals surface area contributed by atoms with Gasteiger partial charge in [-0.25, -0.2) is 0 Å². The van der Waals surface area contributed by atoms with Crippen LogP contribution in [0.5, 0.6) is 0 Å². The van der Waals surface area contributed by atoms with E-state index >= 15 is 0 Å². The Bertz CT molecular complexity index is 281. The molecule has 98 valence electrons. The first-order chi connectivity index (χ1) is 8.28. The molecule has 0 N–H and O–H groups in total. The van der Waals surface area contributed by atoms with Gasteiger partial charge in [0.15, 0.2) is 5.17 Å². The summed E-state index contributed by atoms with van der Waals surface area (Å²) >= 11 is 5.50. The molecule has 0 spiro atoms. The van der Waals surface area contributed by atoms with Gasteiger partial charge in [-0.3, -0.25) is 9.89 Å². The molecule has 2 unspecified atom stereocenters. The van der Waals surface area contributed by atoms with Crippen molar-refractivity contribution in [2.75, 3.05) is 38.1 Å².